The van der Waals surface area contributed by atoms with E-state index in [1.165, 1.54) is 0 Å². The van der Waals surface area contributed by atoms with Crippen molar-refractivity contribution in [2.75, 3.05) is 36.4 Å². The van der Waals surface area contributed by atoms with Crippen molar-refractivity contribution in [2.45, 2.75) is 47.1 Å². The van der Waals surface area contributed by atoms with E-state index >= 15 is 0 Å². The lowest BCUT2D eigenvalue weighted by Gasteiger charge is -2.35. The molecule has 1 fully saturated rings. The number of aromatic nitrogens is 5. The van der Waals surface area contributed by atoms with Crippen molar-refractivity contribution in [3.8, 4) is 0 Å². The predicted octanol–water partition coefficient (Wildman–Crippen LogP) is 3.52. The number of hydrogen-bond acceptors (Lipinski definition) is 6. The number of carbonyl (C=O) groups is 1. The van der Waals surface area contributed by atoms with Gasteiger partial charge in [-0.3, -0.25) is 0 Å². The summed E-state index contributed by atoms with van der Waals surface area (Å²) >= 11 is 0. The Bertz CT molecular complexity index is 1130. The van der Waals surface area contributed by atoms with Crippen LogP contribution in [0, 0.1) is 20.8 Å². The van der Waals surface area contributed by atoms with Crippen molar-refractivity contribution >= 4 is 17.5 Å². The number of amides is 2. The zero-order chi connectivity index (χ0) is 23.5. The lowest BCUT2D eigenvalue weighted by Crippen LogP contribution is -2.50. The van der Waals surface area contributed by atoms with Gasteiger partial charge in [0.1, 0.15) is 23.3 Å². The molecule has 3 aromatic rings. The summed E-state index contributed by atoms with van der Waals surface area (Å²) in [5.41, 5.74) is 2.81. The van der Waals surface area contributed by atoms with Crippen LogP contribution in [0.4, 0.5) is 16.3 Å². The third-order valence-electron chi connectivity index (χ3n) is 5.74. The molecule has 9 heteroatoms. The summed E-state index contributed by atoms with van der Waals surface area (Å²) in [6, 6.07) is 9.81. The summed E-state index contributed by atoms with van der Waals surface area (Å²) in [5, 5.41) is 7.46. The SMILES string of the molecule is Cc1cc(N2CCN(C(=O)Nc3cccc(Cn4nc(C)nc4C)c3)CC2)nc(C(C)C)n1. The number of piperazine rings is 1. The minimum atomic E-state index is -0.0821. The second-order valence-corrected chi connectivity index (χ2v) is 8.85. The Morgan fingerprint density at radius 1 is 1.03 bits per heavy atom. The van der Waals surface area contributed by atoms with E-state index < -0.39 is 0 Å². The molecule has 1 aliphatic heterocycles. The number of aryl methyl sites for hydroxylation is 3. The minimum Gasteiger partial charge on any atom is -0.353 e. The Morgan fingerprint density at radius 3 is 2.45 bits per heavy atom. The average molecular weight is 449 g/mol. The molecule has 1 aliphatic rings. The Balaban J connectivity index is 1.35. The van der Waals surface area contributed by atoms with E-state index in [2.05, 4.69) is 39.1 Å². The fourth-order valence-electron chi connectivity index (χ4n) is 3.97. The molecule has 174 valence electrons. The van der Waals surface area contributed by atoms with Gasteiger partial charge < -0.3 is 15.1 Å². The molecule has 0 aliphatic carbocycles. The Hall–Kier alpha value is -3.49. The first-order valence-corrected chi connectivity index (χ1v) is 11.4. The Morgan fingerprint density at radius 2 is 1.79 bits per heavy atom. The number of nitrogens with zero attached hydrogens (tertiary/aromatic N) is 7. The van der Waals surface area contributed by atoms with Crippen LogP contribution >= 0.6 is 0 Å². The lowest BCUT2D eigenvalue weighted by molar-refractivity contribution is 0.208. The standard InChI is InChI=1S/C24H32N8O/c1-16(2)23-25-17(3)13-22(28-23)30-9-11-31(12-10-30)24(33)27-21-8-6-7-20(14-21)15-32-19(5)26-18(4)29-32/h6-8,13-14,16H,9-12,15H2,1-5H3,(H,27,33). The van der Waals surface area contributed by atoms with Crippen LogP contribution in [0.3, 0.4) is 0 Å². The Kier molecular flexibility index (Phi) is 6.57. The number of rotatable bonds is 5. The van der Waals surface area contributed by atoms with E-state index in [9.17, 15) is 4.79 Å². The van der Waals surface area contributed by atoms with Crippen LogP contribution in [0.15, 0.2) is 30.3 Å². The first kappa shape index (κ1) is 22.7. The van der Waals surface area contributed by atoms with E-state index in [1.807, 2.05) is 60.7 Å². The molecule has 1 saturated heterocycles. The van der Waals surface area contributed by atoms with Crippen LogP contribution in [0.1, 0.15) is 48.5 Å². The van der Waals surface area contributed by atoms with Gasteiger partial charge in [-0.15, -0.1) is 0 Å². The maximum Gasteiger partial charge on any atom is 0.321 e. The van der Waals surface area contributed by atoms with Gasteiger partial charge in [-0.2, -0.15) is 5.10 Å². The molecule has 2 aromatic heterocycles. The van der Waals surface area contributed by atoms with Crippen LogP contribution in [-0.2, 0) is 6.54 Å². The van der Waals surface area contributed by atoms with Crippen molar-refractivity contribution < 1.29 is 4.79 Å². The topological polar surface area (TPSA) is 92.1 Å². The van der Waals surface area contributed by atoms with Gasteiger partial charge >= 0.3 is 6.03 Å². The number of anilines is 2. The molecular weight excluding hydrogens is 416 g/mol. The van der Waals surface area contributed by atoms with Gasteiger partial charge in [-0.05, 0) is 38.5 Å². The van der Waals surface area contributed by atoms with Gasteiger partial charge in [-0.25, -0.2) is 24.4 Å². The summed E-state index contributed by atoms with van der Waals surface area (Å²) in [6.45, 7) is 13.4. The highest BCUT2D eigenvalue weighted by molar-refractivity contribution is 5.89. The van der Waals surface area contributed by atoms with E-state index in [1.54, 1.807) is 0 Å². The highest BCUT2D eigenvalue weighted by atomic mass is 16.2. The van der Waals surface area contributed by atoms with Gasteiger partial charge in [0.05, 0.1) is 6.54 Å². The third-order valence-corrected chi connectivity index (χ3v) is 5.74. The summed E-state index contributed by atoms with van der Waals surface area (Å²) in [6.07, 6.45) is 0. The van der Waals surface area contributed by atoms with Crippen LogP contribution in [0.2, 0.25) is 0 Å². The summed E-state index contributed by atoms with van der Waals surface area (Å²) < 4.78 is 1.87. The molecule has 4 rings (SSSR count). The molecule has 0 atom stereocenters. The second kappa shape index (κ2) is 9.56. The van der Waals surface area contributed by atoms with Gasteiger partial charge in [0.25, 0.3) is 0 Å². The lowest BCUT2D eigenvalue weighted by atomic mass is 10.2. The smallest absolute Gasteiger partial charge is 0.321 e. The monoisotopic (exact) mass is 448 g/mol. The zero-order valence-corrected chi connectivity index (χ0v) is 20.0. The van der Waals surface area contributed by atoms with Gasteiger partial charge in [0.15, 0.2) is 0 Å². The molecule has 0 bridgehead atoms. The summed E-state index contributed by atoms with van der Waals surface area (Å²) in [5.74, 6) is 3.72. The second-order valence-electron chi connectivity index (χ2n) is 8.85. The van der Waals surface area contributed by atoms with Crippen LogP contribution < -0.4 is 10.2 Å². The van der Waals surface area contributed by atoms with E-state index in [0.717, 1.165) is 53.3 Å². The largest absolute Gasteiger partial charge is 0.353 e. The first-order valence-electron chi connectivity index (χ1n) is 11.4. The number of benzene rings is 1. The van der Waals surface area contributed by atoms with E-state index in [-0.39, 0.29) is 11.9 Å². The van der Waals surface area contributed by atoms with Gasteiger partial charge in [-0.1, -0.05) is 26.0 Å². The fourth-order valence-corrected chi connectivity index (χ4v) is 3.97. The normalized spacial score (nSPS) is 14.1. The summed E-state index contributed by atoms with van der Waals surface area (Å²) in [4.78, 5) is 30.6. The highest BCUT2D eigenvalue weighted by Gasteiger charge is 2.23. The minimum absolute atomic E-state index is 0.0821. The molecule has 0 saturated carbocycles. The summed E-state index contributed by atoms with van der Waals surface area (Å²) in [7, 11) is 0. The van der Waals surface area contributed by atoms with Crippen LogP contribution in [-0.4, -0.2) is 61.8 Å². The van der Waals surface area contributed by atoms with E-state index in [4.69, 9.17) is 4.98 Å². The average Bonchev–Trinajstić information content (AvgIpc) is 3.10. The van der Waals surface area contributed by atoms with Crippen molar-refractivity contribution in [1.29, 1.82) is 0 Å². The molecule has 0 unspecified atom stereocenters. The highest BCUT2D eigenvalue weighted by Crippen LogP contribution is 2.19. The van der Waals surface area contributed by atoms with Gasteiger partial charge in [0, 0.05) is 49.5 Å². The van der Waals surface area contributed by atoms with E-state index in [0.29, 0.717) is 19.6 Å². The molecule has 0 radical (unpaired) electrons. The number of urea groups is 1. The Labute approximate surface area is 194 Å². The molecule has 0 spiro atoms. The molecule has 1 aromatic carbocycles. The molecule has 9 nitrogen and oxygen atoms in total. The zero-order valence-electron chi connectivity index (χ0n) is 20.0. The predicted molar refractivity (Wildman–Crippen MR) is 129 cm³/mol. The quantitative estimate of drug-likeness (QED) is 0.642. The van der Waals surface area contributed by atoms with Crippen molar-refractivity contribution in [3.63, 3.8) is 0 Å². The van der Waals surface area contributed by atoms with Crippen molar-refractivity contribution in [3.05, 3.63) is 59.1 Å². The number of nitrogens with one attached hydrogen (secondary N) is 1. The van der Waals surface area contributed by atoms with Crippen LogP contribution in [0.5, 0.6) is 0 Å². The third kappa shape index (κ3) is 5.47. The molecular formula is C24H32N8O. The number of carbonyl (C=O) groups excluding carboxylic acids is 1. The molecule has 2 amide bonds. The maximum atomic E-state index is 12.9. The first-order chi connectivity index (χ1) is 15.8. The number of hydrogen-bond donors (Lipinski definition) is 1. The van der Waals surface area contributed by atoms with Crippen molar-refractivity contribution in [1.82, 2.24) is 29.6 Å². The maximum absolute atomic E-state index is 12.9. The van der Waals surface area contributed by atoms with Gasteiger partial charge in [0.2, 0.25) is 0 Å². The fraction of sp³-hybridized carbons (Fsp3) is 0.458. The van der Waals surface area contributed by atoms with Crippen molar-refractivity contribution in [2.24, 2.45) is 0 Å². The molecule has 33 heavy (non-hydrogen) atoms. The molecule has 1 N–H and O–H groups in total. The molecule has 3 heterocycles. The van der Waals surface area contributed by atoms with Crippen LogP contribution in [0.25, 0.3) is 0 Å².